The molecule has 0 unspecified atom stereocenters. The number of anilines is 1. The molecule has 136 valence electrons. The molecule has 0 spiro atoms. The lowest BCUT2D eigenvalue weighted by Crippen LogP contribution is -2.42. The van der Waals surface area contributed by atoms with Gasteiger partial charge in [0.1, 0.15) is 5.82 Å². The van der Waals surface area contributed by atoms with Crippen LogP contribution in [0.3, 0.4) is 0 Å². The molecule has 0 aromatic heterocycles. The maximum atomic E-state index is 14.0. The standard InChI is InChI=1S/C19H25FN2O3/c1-25-19(24)15-8-7-13(11-16(15)20)22-18(23)17-14(9-10-21-17)12-5-3-2-4-6-12/h7-8,11-12,14,17,21H,2-6,9-10H2,1H3,(H,22,23)/t14-,17-/m0/s1. The van der Waals surface area contributed by atoms with E-state index in [1.54, 1.807) is 0 Å². The molecule has 6 heteroatoms. The fourth-order valence-corrected chi connectivity index (χ4v) is 4.17. The molecule has 1 saturated carbocycles. The van der Waals surface area contributed by atoms with Gasteiger partial charge in [0.2, 0.25) is 5.91 Å². The van der Waals surface area contributed by atoms with E-state index in [1.165, 1.54) is 51.3 Å². The molecule has 1 aromatic rings. The predicted octanol–water partition coefficient (Wildman–Crippen LogP) is 3.11. The van der Waals surface area contributed by atoms with E-state index in [0.29, 0.717) is 17.5 Å². The number of methoxy groups -OCH3 is 1. The molecule has 5 nitrogen and oxygen atoms in total. The highest BCUT2D eigenvalue weighted by Crippen LogP contribution is 2.36. The predicted molar refractivity (Wildman–Crippen MR) is 92.8 cm³/mol. The topological polar surface area (TPSA) is 67.4 Å². The Labute approximate surface area is 147 Å². The summed E-state index contributed by atoms with van der Waals surface area (Å²) in [4.78, 5) is 24.1. The summed E-state index contributed by atoms with van der Waals surface area (Å²) in [5.41, 5.74) is 0.214. The van der Waals surface area contributed by atoms with Crippen LogP contribution in [0.4, 0.5) is 10.1 Å². The molecule has 1 heterocycles. The van der Waals surface area contributed by atoms with Crippen LogP contribution in [0.5, 0.6) is 0 Å². The SMILES string of the molecule is COC(=O)c1ccc(NC(=O)[C@H]2NCC[C@H]2C2CCCCC2)cc1F. The summed E-state index contributed by atoms with van der Waals surface area (Å²) in [7, 11) is 1.20. The van der Waals surface area contributed by atoms with Crippen LogP contribution >= 0.6 is 0 Å². The van der Waals surface area contributed by atoms with Crippen LogP contribution in [-0.4, -0.2) is 31.6 Å². The van der Waals surface area contributed by atoms with E-state index in [9.17, 15) is 14.0 Å². The third kappa shape index (κ3) is 4.00. The van der Waals surface area contributed by atoms with Crippen molar-refractivity contribution in [3.8, 4) is 0 Å². The second-order valence-electron chi connectivity index (χ2n) is 6.96. The number of hydrogen-bond acceptors (Lipinski definition) is 4. The molecule has 2 aliphatic rings. The Bertz CT molecular complexity index is 644. The largest absolute Gasteiger partial charge is 0.465 e. The first-order valence-corrected chi connectivity index (χ1v) is 9.02. The van der Waals surface area contributed by atoms with Gasteiger partial charge in [0.05, 0.1) is 18.7 Å². The van der Waals surface area contributed by atoms with Crippen LogP contribution in [0.1, 0.15) is 48.9 Å². The number of carbonyl (C=O) groups excluding carboxylic acids is 2. The molecule has 1 aliphatic heterocycles. The zero-order valence-corrected chi connectivity index (χ0v) is 14.5. The van der Waals surface area contributed by atoms with E-state index in [0.717, 1.165) is 19.0 Å². The lowest BCUT2D eigenvalue weighted by atomic mass is 9.76. The van der Waals surface area contributed by atoms with Crippen LogP contribution < -0.4 is 10.6 Å². The average Bonchev–Trinajstić information content (AvgIpc) is 3.12. The minimum absolute atomic E-state index is 0.127. The number of nitrogens with one attached hydrogen (secondary N) is 2. The number of amides is 1. The first-order chi connectivity index (χ1) is 12.1. The van der Waals surface area contributed by atoms with Crippen molar-refractivity contribution in [2.24, 2.45) is 11.8 Å². The second kappa shape index (κ2) is 7.95. The zero-order chi connectivity index (χ0) is 17.8. The fourth-order valence-electron chi connectivity index (χ4n) is 4.17. The van der Waals surface area contributed by atoms with E-state index in [2.05, 4.69) is 15.4 Å². The van der Waals surface area contributed by atoms with E-state index in [-0.39, 0.29) is 17.5 Å². The minimum Gasteiger partial charge on any atom is -0.465 e. The maximum absolute atomic E-state index is 14.0. The molecular weight excluding hydrogens is 323 g/mol. The Morgan fingerprint density at radius 1 is 1.20 bits per heavy atom. The summed E-state index contributed by atoms with van der Waals surface area (Å²) in [6.07, 6.45) is 7.18. The van der Waals surface area contributed by atoms with E-state index in [4.69, 9.17) is 0 Å². The summed E-state index contributed by atoms with van der Waals surface area (Å²) in [6.45, 7) is 0.842. The van der Waals surface area contributed by atoms with Crippen LogP contribution in [0.25, 0.3) is 0 Å². The number of ether oxygens (including phenoxy) is 1. The van der Waals surface area contributed by atoms with Gasteiger partial charge in [-0.25, -0.2) is 9.18 Å². The first kappa shape index (κ1) is 17.9. The summed E-state index contributed by atoms with van der Waals surface area (Å²) >= 11 is 0. The van der Waals surface area contributed by atoms with Gasteiger partial charge >= 0.3 is 5.97 Å². The Hall–Kier alpha value is -1.95. The molecular formula is C19H25FN2O3. The maximum Gasteiger partial charge on any atom is 0.340 e. The van der Waals surface area contributed by atoms with Gasteiger partial charge in [-0.3, -0.25) is 4.79 Å². The zero-order valence-electron chi connectivity index (χ0n) is 14.5. The Balaban J connectivity index is 1.67. The smallest absolute Gasteiger partial charge is 0.340 e. The average molecular weight is 348 g/mol. The summed E-state index contributed by atoms with van der Waals surface area (Å²) in [6, 6.07) is 3.79. The monoisotopic (exact) mass is 348 g/mol. The molecule has 3 rings (SSSR count). The van der Waals surface area contributed by atoms with Gasteiger partial charge in [0, 0.05) is 5.69 Å². The van der Waals surface area contributed by atoms with Crippen molar-refractivity contribution in [3.63, 3.8) is 0 Å². The molecule has 2 N–H and O–H groups in total. The van der Waals surface area contributed by atoms with Crippen LogP contribution in [0.2, 0.25) is 0 Å². The molecule has 1 amide bonds. The third-order valence-electron chi connectivity index (χ3n) is 5.45. The fraction of sp³-hybridized carbons (Fsp3) is 0.579. The van der Waals surface area contributed by atoms with Gasteiger partial charge in [0.15, 0.2) is 0 Å². The molecule has 1 aliphatic carbocycles. The normalized spacial score (nSPS) is 24.1. The van der Waals surface area contributed by atoms with E-state index < -0.39 is 11.8 Å². The highest BCUT2D eigenvalue weighted by atomic mass is 19.1. The van der Waals surface area contributed by atoms with Gasteiger partial charge in [-0.1, -0.05) is 32.1 Å². The lowest BCUT2D eigenvalue weighted by molar-refractivity contribution is -0.119. The van der Waals surface area contributed by atoms with Crippen molar-refractivity contribution in [3.05, 3.63) is 29.6 Å². The molecule has 1 saturated heterocycles. The van der Waals surface area contributed by atoms with Gasteiger partial charge in [0.25, 0.3) is 0 Å². The lowest BCUT2D eigenvalue weighted by Gasteiger charge is -2.30. The third-order valence-corrected chi connectivity index (χ3v) is 5.45. The highest BCUT2D eigenvalue weighted by molar-refractivity contribution is 5.96. The molecule has 0 bridgehead atoms. The molecule has 2 fully saturated rings. The number of carbonyl (C=O) groups is 2. The van der Waals surface area contributed by atoms with Gasteiger partial charge < -0.3 is 15.4 Å². The Morgan fingerprint density at radius 3 is 2.64 bits per heavy atom. The van der Waals surface area contributed by atoms with Crippen molar-refractivity contribution in [2.75, 3.05) is 19.0 Å². The van der Waals surface area contributed by atoms with Crippen molar-refractivity contribution in [2.45, 2.75) is 44.6 Å². The van der Waals surface area contributed by atoms with Gasteiger partial charge in [-0.05, 0) is 43.0 Å². The van der Waals surface area contributed by atoms with Crippen molar-refractivity contribution >= 4 is 17.6 Å². The van der Waals surface area contributed by atoms with E-state index in [1.807, 2.05) is 0 Å². The number of benzene rings is 1. The van der Waals surface area contributed by atoms with Crippen molar-refractivity contribution in [1.82, 2.24) is 5.32 Å². The number of halogens is 1. The number of hydrogen-bond donors (Lipinski definition) is 2. The van der Waals surface area contributed by atoms with Gasteiger partial charge in [-0.15, -0.1) is 0 Å². The van der Waals surface area contributed by atoms with Crippen LogP contribution in [0.15, 0.2) is 18.2 Å². The second-order valence-corrected chi connectivity index (χ2v) is 6.96. The number of rotatable bonds is 4. The van der Waals surface area contributed by atoms with Crippen molar-refractivity contribution < 1.29 is 18.7 Å². The molecule has 0 radical (unpaired) electrons. The van der Waals surface area contributed by atoms with Crippen LogP contribution in [0, 0.1) is 17.7 Å². The summed E-state index contributed by atoms with van der Waals surface area (Å²) in [5, 5.41) is 6.08. The van der Waals surface area contributed by atoms with Crippen LogP contribution in [-0.2, 0) is 9.53 Å². The van der Waals surface area contributed by atoms with Crippen molar-refractivity contribution in [1.29, 1.82) is 0 Å². The number of esters is 1. The van der Waals surface area contributed by atoms with Gasteiger partial charge in [-0.2, -0.15) is 0 Å². The molecule has 25 heavy (non-hydrogen) atoms. The molecule has 2 atom stereocenters. The Morgan fingerprint density at radius 2 is 1.96 bits per heavy atom. The summed E-state index contributed by atoms with van der Waals surface area (Å²) < 4.78 is 18.5. The molecule has 1 aromatic carbocycles. The van der Waals surface area contributed by atoms with E-state index >= 15 is 0 Å². The first-order valence-electron chi connectivity index (χ1n) is 9.02. The Kier molecular flexibility index (Phi) is 5.68. The summed E-state index contributed by atoms with van der Waals surface area (Å²) in [5.74, 6) is -0.617. The highest BCUT2D eigenvalue weighted by Gasteiger charge is 2.38. The minimum atomic E-state index is -0.731. The quantitative estimate of drug-likeness (QED) is 0.821.